The SMILES string of the molecule is NC1CCN(CCCCOCc2ccccc2)CC1.NC1CCN(CCCCOCc2ccccc2)CC1. The minimum absolute atomic E-state index is 0.436. The van der Waals surface area contributed by atoms with Crippen LogP contribution < -0.4 is 11.5 Å². The van der Waals surface area contributed by atoms with Gasteiger partial charge in [-0.05, 0) is 102 Å². The van der Waals surface area contributed by atoms with Gasteiger partial charge in [-0.3, -0.25) is 0 Å². The zero-order valence-corrected chi connectivity index (χ0v) is 23.5. The Hall–Kier alpha value is -1.80. The molecule has 0 saturated carbocycles. The normalized spacial score (nSPS) is 17.7. The van der Waals surface area contributed by atoms with E-state index in [1.807, 2.05) is 12.1 Å². The van der Waals surface area contributed by atoms with Gasteiger partial charge in [-0.15, -0.1) is 0 Å². The van der Waals surface area contributed by atoms with Gasteiger partial charge in [-0.25, -0.2) is 0 Å². The molecule has 6 heteroatoms. The minimum Gasteiger partial charge on any atom is -0.377 e. The van der Waals surface area contributed by atoms with Crippen molar-refractivity contribution in [1.29, 1.82) is 0 Å². The molecule has 0 bridgehead atoms. The third kappa shape index (κ3) is 13.8. The van der Waals surface area contributed by atoms with Crippen LogP contribution in [0.3, 0.4) is 0 Å². The molecule has 0 atom stereocenters. The van der Waals surface area contributed by atoms with Gasteiger partial charge < -0.3 is 30.7 Å². The zero-order chi connectivity index (χ0) is 26.7. The lowest BCUT2D eigenvalue weighted by molar-refractivity contribution is 0.112. The molecule has 2 aliphatic rings. The Kier molecular flexibility index (Phi) is 15.6. The van der Waals surface area contributed by atoms with Crippen LogP contribution >= 0.6 is 0 Å². The summed E-state index contributed by atoms with van der Waals surface area (Å²) >= 11 is 0. The Morgan fingerprint density at radius 1 is 0.553 bits per heavy atom. The molecule has 2 fully saturated rings. The molecule has 0 spiro atoms. The average Bonchev–Trinajstić information content (AvgIpc) is 2.96. The molecule has 4 N–H and O–H groups in total. The summed E-state index contributed by atoms with van der Waals surface area (Å²) in [4.78, 5) is 5.06. The lowest BCUT2D eigenvalue weighted by Gasteiger charge is -2.29. The monoisotopic (exact) mass is 524 g/mol. The fourth-order valence-electron chi connectivity index (χ4n) is 4.96. The van der Waals surface area contributed by atoms with Crippen LogP contribution in [0.2, 0.25) is 0 Å². The first kappa shape index (κ1) is 30.7. The van der Waals surface area contributed by atoms with Gasteiger partial charge >= 0.3 is 0 Å². The molecule has 0 aromatic heterocycles. The first-order chi connectivity index (χ1) is 18.7. The van der Waals surface area contributed by atoms with Crippen LogP contribution in [0.5, 0.6) is 0 Å². The quantitative estimate of drug-likeness (QED) is 0.345. The van der Waals surface area contributed by atoms with Gasteiger partial charge in [-0.2, -0.15) is 0 Å². The minimum atomic E-state index is 0.436. The van der Waals surface area contributed by atoms with Crippen molar-refractivity contribution in [3.8, 4) is 0 Å². The van der Waals surface area contributed by atoms with Crippen molar-refractivity contribution in [3.63, 3.8) is 0 Å². The average molecular weight is 525 g/mol. The van der Waals surface area contributed by atoms with Crippen molar-refractivity contribution < 1.29 is 9.47 Å². The zero-order valence-electron chi connectivity index (χ0n) is 23.5. The van der Waals surface area contributed by atoms with E-state index in [1.54, 1.807) is 0 Å². The largest absolute Gasteiger partial charge is 0.377 e. The van der Waals surface area contributed by atoms with Crippen LogP contribution in [0.15, 0.2) is 60.7 Å². The van der Waals surface area contributed by atoms with E-state index >= 15 is 0 Å². The lowest BCUT2D eigenvalue weighted by atomic mass is 10.1. The highest BCUT2D eigenvalue weighted by Crippen LogP contribution is 2.10. The Labute approximate surface area is 231 Å². The van der Waals surface area contributed by atoms with Gasteiger partial charge in [0.25, 0.3) is 0 Å². The third-order valence-corrected chi connectivity index (χ3v) is 7.51. The van der Waals surface area contributed by atoms with Crippen LogP contribution in [-0.4, -0.2) is 74.4 Å². The van der Waals surface area contributed by atoms with E-state index < -0.39 is 0 Å². The fourth-order valence-corrected chi connectivity index (χ4v) is 4.96. The highest BCUT2D eigenvalue weighted by molar-refractivity contribution is 5.14. The Balaban J connectivity index is 0.000000211. The highest BCUT2D eigenvalue weighted by Gasteiger charge is 2.15. The Bertz CT molecular complexity index is 737. The number of nitrogens with two attached hydrogens (primary N) is 2. The van der Waals surface area contributed by atoms with E-state index in [1.165, 1.54) is 63.2 Å². The van der Waals surface area contributed by atoms with E-state index in [9.17, 15) is 0 Å². The number of benzene rings is 2. The van der Waals surface area contributed by atoms with Crippen LogP contribution in [0, 0.1) is 0 Å². The summed E-state index contributed by atoms with van der Waals surface area (Å²) in [6.45, 7) is 10.3. The van der Waals surface area contributed by atoms with E-state index in [0.29, 0.717) is 12.1 Å². The molecule has 2 saturated heterocycles. The second-order valence-corrected chi connectivity index (χ2v) is 10.8. The van der Waals surface area contributed by atoms with Gasteiger partial charge in [0.1, 0.15) is 0 Å². The van der Waals surface area contributed by atoms with Crippen molar-refractivity contribution in [3.05, 3.63) is 71.8 Å². The second-order valence-electron chi connectivity index (χ2n) is 10.8. The summed E-state index contributed by atoms with van der Waals surface area (Å²) in [5.41, 5.74) is 14.3. The number of hydrogen-bond donors (Lipinski definition) is 2. The number of ether oxygens (including phenoxy) is 2. The van der Waals surface area contributed by atoms with E-state index in [-0.39, 0.29) is 0 Å². The molecule has 0 amide bonds. The topological polar surface area (TPSA) is 77.0 Å². The van der Waals surface area contributed by atoms with Gasteiger partial charge in [0.05, 0.1) is 13.2 Å². The predicted octanol–water partition coefficient (Wildman–Crippen LogP) is 4.81. The van der Waals surface area contributed by atoms with Crippen LogP contribution in [0.1, 0.15) is 62.5 Å². The first-order valence-corrected chi connectivity index (χ1v) is 14.9. The first-order valence-electron chi connectivity index (χ1n) is 14.9. The summed E-state index contributed by atoms with van der Waals surface area (Å²) < 4.78 is 11.4. The molecule has 2 aliphatic heterocycles. The molecule has 4 rings (SSSR count). The molecule has 0 unspecified atom stereocenters. The summed E-state index contributed by atoms with van der Waals surface area (Å²) in [5.74, 6) is 0. The van der Waals surface area contributed by atoms with Gasteiger partial charge in [0, 0.05) is 25.3 Å². The molecule has 0 radical (unpaired) electrons. The van der Waals surface area contributed by atoms with Crippen LogP contribution in [-0.2, 0) is 22.7 Å². The second kappa shape index (κ2) is 19.3. The van der Waals surface area contributed by atoms with E-state index in [2.05, 4.69) is 58.3 Å². The predicted molar refractivity (Wildman–Crippen MR) is 158 cm³/mol. The van der Waals surface area contributed by atoms with Crippen molar-refractivity contribution in [2.75, 3.05) is 52.5 Å². The molecule has 2 heterocycles. The number of nitrogens with zero attached hydrogens (tertiary/aromatic N) is 2. The van der Waals surface area contributed by atoms with Crippen molar-refractivity contribution >= 4 is 0 Å². The van der Waals surface area contributed by atoms with Gasteiger partial charge in [-0.1, -0.05) is 60.7 Å². The summed E-state index contributed by atoms with van der Waals surface area (Å²) in [7, 11) is 0. The highest BCUT2D eigenvalue weighted by atomic mass is 16.5. The maximum Gasteiger partial charge on any atom is 0.0716 e. The summed E-state index contributed by atoms with van der Waals surface area (Å²) in [6.07, 6.45) is 9.38. The summed E-state index contributed by atoms with van der Waals surface area (Å²) in [6, 6.07) is 21.6. The molecule has 2 aromatic rings. The molecule has 212 valence electrons. The molecular weight excluding hydrogens is 472 g/mol. The lowest BCUT2D eigenvalue weighted by Crippen LogP contribution is -2.40. The molecule has 6 nitrogen and oxygen atoms in total. The number of piperidine rings is 2. The van der Waals surface area contributed by atoms with Crippen molar-refractivity contribution in [2.45, 2.75) is 76.7 Å². The van der Waals surface area contributed by atoms with E-state index in [4.69, 9.17) is 20.9 Å². The van der Waals surface area contributed by atoms with E-state index in [0.717, 1.165) is 65.0 Å². The molecule has 38 heavy (non-hydrogen) atoms. The number of likely N-dealkylation sites (tertiary alicyclic amines) is 2. The maximum atomic E-state index is 5.90. The summed E-state index contributed by atoms with van der Waals surface area (Å²) in [5, 5.41) is 0. The fraction of sp³-hybridized carbons (Fsp3) is 0.625. The Morgan fingerprint density at radius 2 is 0.921 bits per heavy atom. The molecule has 0 aliphatic carbocycles. The van der Waals surface area contributed by atoms with Gasteiger partial charge in [0.15, 0.2) is 0 Å². The van der Waals surface area contributed by atoms with Crippen molar-refractivity contribution in [1.82, 2.24) is 9.80 Å². The Morgan fingerprint density at radius 3 is 1.29 bits per heavy atom. The third-order valence-electron chi connectivity index (χ3n) is 7.51. The number of unbranched alkanes of at least 4 members (excludes halogenated alkanes) is 2. The van der Waals surface area contributed by atoms with Gasteiger partial charge in [0.2, 0.25) is 0 Å². The number of hydrogen-bond acceptors (Lipinski definition) is 6. The van der Waals surface area contributed by atoms with Crippen LogP contribution in [0.25, 0.3) is 0 Å². The van der Waals surface area contributed by atoms with Crippen molar-refractivity contribution in [2.24, 2.45) is 11.5 Å². The molecule has 2 aromatic carbocycles. The smallest absolute Gasteiger partial charge is 0.0716 e. The molecular formula is C32H52N4O2. The maximum absolute atomic E-state index is 5.90. The number of rotatable bonds is 14. The standard InChI is InChI=1S/2C16H26N2O/c2*17-16-8-11-18(12-9-16)10-4-5-13-19-14-15-6-2-1-3-7-15/h2*1-3,6-7,16H,4-5,8-14,17H2. The van der Waals surface area contributed by atoms with Crippen LogP contribution in [0.4, 0.5) is 0 Å².